The highest BCUT2D eigenvalue weighted by atomic mass is 35.5. The number of hydrogen-bond acceptors (Lipinski definition) is 3. The van der Waals surface area contributed by atoms with Gasteiger partial charge in [-0.3, -0.25) is 0 Å². The van der Waals surface area contributed by atoms with Gasteiger partial charge in [0.05, 0.1) is 7.11 Å². The van der Waals surface area contributed by atoms with E-state index < -0.39 is 11.5 Å². The normalized spacial score (nSPS) is 23.3. The Morgan fingerprint density at radius 3 is 2.44 bits per heavy atom. The fraction of sp³-hybridized carbons (Fsp3) is 0.276. The van der Waals surface area contributed by atoms with Gasteiger partial charge in [0.25, 0.3) is 0 Å². The zero-order chi connectivity index (χ0) is 23.9. The van der Waals surface area contributed by atoms with Gasteiger partial charge in [0.1, 0.15) is 11.3 Å². The number of carboxylic acid groups (broad SMARTS) is 1. The molecule has 0 aliphatic heterocycles. The summed E-state index contributed by atoms with van der Waals surface area (Å²) in [5, 5.41) is 14.2. The quantitative estimate of drug-likeness (QED) is 0.420. The van der Waals surface area contributed by atoms with E-state index in [0.717, 1.165) is 29.8 Å². The molecule has 0 saturated heterocycles. The molecule has 2 aliphatic carbocycles. The maximum absolute atomic E-state index is 12.6. The number of methoxy groups -OCH3 is 1. The number of allylic oxidation sites excluding steroid dienone is 1. The van der Waals surface area contributed by atoms with Crippen molar-refractivity contribution in [2.75, 3.05) is 12.4 Å². The van der Waals surface area contributed by atoms with Crippen molar-refractivity contribution in [1.82, 2.24) is 0 Å². The van der Waals surface area contributed by atoms with Crippen LogP contribution in [-0.4, -0.2) is 23.7 Å². The van der Waals surface area contributed by atoms with Crippen molar-refractivity contribution in [1.29, 1.82) is 0 Å². The smallest absolute Gasteiger partial charge is 0.329 e. The molecule has 1 spiro atoms. The van der Waals surface area contributed by atoms with Gasteiger partial charge in [0, 0.05) is 16.1 Å². The van der Waals surface area contributed by atoms with Gasteiger partial charge in [-0.15, -0.1) is 0 Å². The molecular formula is C29H28ClNO3. The lowest BCUT2D eigenvalue weighted by Gasteiger charge is -2.45. The molecule has 3 aromatic carbocycles. The molecule has 5 heteroatoms. The first-order valence-corrected chi connectivity index (χ1v) is 12.0. The number of anilines is 1. The molecule has 2 aliphatic rings. The summed E-state index contributed by atoms with van der Waals surface area (Å²) in [6.07, 6.45) is 4.79. The summed E-state index contributed by atoms with van der Waals surface area (Å²) in [6.45, 7) is 2.11. The number of carboxylic acids is 1. The Balaban J connectivity index is 1.53. The Morgan fingerprint density at radius 1 is 1.00 bits per heavy atom. The number of halogens is 1. The van der Waals surface area contributed by atoms with Crippen LogP contribution in [0.1, 0.15) is 47.9 Å². The van der Waals surface area contributed by atoms with Crippen molar-refractivity contribution >= 4 is 34.9 Å². The Labute approximate surface area is 205 Å². The third-order valence-corrected chi connectivity index (χ3v) is 7.83. The number of fused-ring (bicyclic) bond motifs is 2. The Hall–Kier alpha value is -3.24. The zero-order valence-corrected chi connectivity index (χ0v) is 20.2. The van der Waals surface area contributed by atoms with Gasteiger partial charge in [-0.1, -0.05) is 48.0 Å². The maximum Gasteiger partial charge on any atom is 0.329 e. The second kappa shape index (κ2) is 8.52. The highest BCUT2D eigenvalue weighted by molar-refractivity contribution is 6.30. The molecule has 0 radical (unpaired) electrons. The molecule has 0 bridgehead atoms. The van der Waals surface area contributed by atoms with E-state index in [9.17, 15) is 9.90 Å². The second-order valence-electron chi connectivity index (χ2n) is 9.43. The minimum Gasteiger partial charge on any atom is -0.497 e. The molecule has 4 nitrogen and oxygen atoms in total. The summed E-state index contributed by atoms with van der Waals surface area (Å²) in [4.78, 5) is 12.6. The number of aliphatic carboxylic acids is 1. The fourth-order valence-corrected chi connectivity index (χ4v) is 5.97. The van der Waals surface area contributed by atoms with Gasteiger partial charge in [0.15, 0.2) is 0 Å². The molecule has 5 rings (SSSR count). The van der Waals surface area contributed by atoms with Crippen molar-refractivity contribution in [3.05, 3.63) is 94.0 Å². The van der Waals surface area contributed by atoms with E-state index in [0.29, 0.717) is 17.9 Å². The van der Waals surface area contributed by atoms with Crippen molar-refractivity contribution in [2.24, 2.45) is 0 Å². The Kier molecular flexibility index (Phi) is 5.65. The van der Waals surface area contributed by atoms with Crippen LogP contribution in [0, 0.1) is 6.92 Å². The number of ether oxygens (including phenoxy) is 1. The topological polar surface area (TPSA) is 58.6 Å². The van der Waals surface area contributed by atoms with Crippen LogP contribution in [-0.2, 0) is 10.2 Å². The van der Waals surface area contributed by atoms with E-state index in [2.05, 4.69) is 54.7 Å². The molecule has 0 amide bonds. The molecular weight excluding hydrogens is 446 g/mol. The third-order valence-electron chi connectivity index (χ3n) is 7.59. The largest absolute Gasteiger partial charge is 0.497 e. The van der Waals surface area contributed by atoms with Gasteiger partial charge >= 0.3 is 5.97 Å². The van der Waals surface area contributed by atoms with Crippen LogP contribution < -0.4 is 10.1 Å². The van der Waals surface area contributed by atoms with E-state index in [1.54, 1.807) is 19.2 Å². The van der Waals surface area contributed by atoms with Crippen LogP contribution in [0.2, 0.25) is 5.02 Å². The van der Waals surface area contributed by atoms with Crippen LogP contribution in [0.5, 0.6) is 5.75 Å². The highest BCUT2D eigenvalue weighted by Gasteiger charge is 2.51. The molecule has 0 heterocycles. The molecule has 0 unspecified atom stereocenters. The SMILES string of the molecule is COc1ccc(C2=Cc3ccccc3C23CCC(Nc2cccc(Cl)c2)(C(=O)O)CC3)c(C)c1. The predicted molar refractivity (Wildman–Crippen MR) is 138 cm³/mol. The van der Waals surface area contributed by atoms with Crippen molar-refractivity contribution in [3.8, 4) is 5.75 Å². The summed E-state index contributed by atoms with van der Waals surface area (Å²) in [6, 6.07) is 22.0. The molecule has 0 aromatic heterocycles. The van der Waals surface area contributed by atoms with E-state index in [-0.39, 0.29) is 5.41 Å². The average Bonchev–Trinajstić information content (AvgIpc) is 3.14. The van der Waals surface area contributed by atoms with Crippen LogP contribution in [0.15, 0.2) is 66.7 Å². The summed E-state index contributed by atoms with van der Waals surface area (Å²) >= 11 is 6.16. The number of nitrogens with one attached hydrogen (secondary N) is 1. The second-order valence-corrected chi connectivity index (χ2v) is 9.87. The number of benzene rings is 3. The molecule has 0 atom stereocenters. The lowest BCUT2D eigenvalue weighted by molar-refractivity contribution is -0.143. The predicted octanol–water partition coefficient (Wildman–Crippen LogP) is 6.96. The van der Waals surface area contributed by atoms with Crippen molar-refractivity contribution < 1.29 is 14.6 Å². The first kappa shape index (κ1) is 22.5. The molecule has 2 N–H and O–H groups in total. The average molecular weight is 474 g/mol. The molecule has 1 saturated carbocycles. The summed E-state index contributed by atoms with van der Waals surface area (Å²) in [7, 11) is 1.68. The van der Waals surface area contributed by atoms with E-state index in [1.165, 1.54) is 22.3 Å². The van der Waals surface area contributed by atoms with Crippen LogP contribution >= 0.6 is 11.6 Å². The fourth-order valence-electron chi connectivity index (χ4n) is 5.78. The van der Waals surface area contributed by atoms with Gasteiger partial charge in [-0.25, -0.2) is 4.79 Å². The first-order chi connectivity index (χ1) is 16.4. The number of carbonyl (C=O) groups is 1. The minimum atomic E-state index is -1.03. The molecule has 1 fully saturated rings. The highest BCUT2D eigenvalue weighted by Crippen LogP contribution is 2.57. The van der Waals surface area contributed by atoms with E-state index in [1.807, 2.05) is 18.2 Å². The van der Waals surface area contributed by atoms with Gasteiger partial charge in [-0.05, 0) is 96.8 Å². The third kappa shape index (κ3) is 3.67. The van der Waals surface area contributed by atoms with E-state index >= 15 is 0 Å². The first-order valence-electron chi connectivity index (χ1n) is 11.6. The Morgan fingerprint density at radius 2 is 1.76 bits per heavy atom. The van der Waals surface area contributed by atoms with Crippen LogP contribution in [0.25, 0.3) is 11.6 Å². The van der Waals surface area contributed by atoms with Crippen LogP contribution in [0.3, 0.4) is 0 Å². The zero-order valence-electron chi connectivity index (χ0n) is 19.4. The van der Waals surface area contributed by atoms with Crippen molar-refractivity contribution in [2.45, 2.75) is 43.6 Å². The molecule has 174 valence electrons. The number of aryl methyl sites for hydroxylation is 1. The number of rotatable bonds is 5. The monoisotopic (exact) mass is 473 g/mol. The lowest BCUT2D eigenvalue weighted by Crippen LogP contribution is -2.52. The van der Waals surface area contributed by atoms with Gasteiger partial charge < -0.3 is 15.2 Å². The van der Waals surface area contributed by atoms with Crippen LogP contribution in [0.4, 0.5) is 5.69 Å². The lowest BCUT2D eigenvalue weighted by atomic mass is 9.61. The van der Waals surface area contributed by atoms with E-state index in [4.69, 9.17) is 16.3 Å². The Bertz CT molecular complexity index is 1290. The standard InChI is InChI=1S/C29H28ClNO3/c1-19-16-23(34-2)10-11-24(19)26-17-20-6-3-4-9-25(20)28(26)12-14-29(15-13-28,27(32)33)31-22-8-5-7-21(30)18-22/h3-11,16-18,31H,12-15H2,1-2H3,(H,32,33). The maximum atomic E-state index is 12.6. The summed E-state index contributed by atoms with van der Waals surface area (Å²) < 4.78 is 5.43. The number of hydrogen-bond donors (Lipinski definition) is 2. The van der Waals surface area contributed by atoms with Gasteiger partial charge in [0.2, 0.25) is 0 Å². The molecule has 34 heavy (non-hydrogen) atoms. The minimum absolute atomic E-state index is 0.217. The summed E-state index contributed by atoms with van der Waals surface area (Å²) in [5.41, 5.74) is 5.63. The summed E-state index contributed by atoms with van der Waals surface area (Å²) in [5.74, 6) is 0.0189. The van der Waals surface area contributed by atoms with Crippen molar-refractivity contribution in [3.63, 3.8) is 0 Å². The van der Waals surface area contributed by atoms with Gasteiger partial charge in [-0.2, -0.15) is 0 Å². The molecule has 3 aromatic rings.